The molecule has 1 saturated heterocycles. The van der Waals surface area contributed by atoms with Gasteiger partial charge in [-0.1, -0.05) is 30.3 Å². The van der Waals surface area contributed by atoms with Crippen LogP contribution in [0.2, 0.25) is 0 Å². The summed E-state index contributed by atoms with van der Waals surface area (Å²) in [7, 11) is 0. The van der Waals surface area contributed by atoms with Gasteiger partial charge in [-0.2, -0.15) is 0 Å². The molecule has 2 heterocycles. The zero-order chi connectivity index (χ0) is 16.2. The van der Waals surface area contributed by atoms with Crippen molar-refractivity contribution in [3.05, 3.63) is 52.0 Å². The van der Waals surface area contributed by atoms with Gasteiger partial charge in [0.1, 0.15) is 5.69 Å². The van der Waals surface area contributed by atoms with Gasteiger partial charge < -0.3 is 10.6 Å². The maximum absolute atomic E-state index is 12.6. The zero-order valence-corrected chi connectivity index (χ0v) is 14.3. The van der Waals surface area contributed by atoms with Crippen LogP contribution in [0.15, 0.2) is 35.7 Å². The molecule has 1 fully saturated rings. The van der Waals surface area contributed by atoms with Gasteiger partial charge in [0.2, 0.25) is 0 Å². The fourth-order valence-electron chi connectivity index (χ4n) is 3.08. The molecule has 0 unspecified atom stereocenters. The Kier molecular flexibility index (Phi) is 5.08. The summed E-state index contributed by atoms with van der Waals surface area (Å²) in [6.45, 7) is 2.80. The lowest BCUT2D eigenvalue weighted by Crippen LogP contribution is -2.48. The first kappa shape index (κ1) is 16.1. The van der Waals surface area contributed by atoms with Gasteiger partial charge in [0.15, 0.2) is 0 Å². The molecule has 1 aliphatic rings. The molecule has 2 N–H and O–H groups in total. The monoisotopic (exact) mass is 329 g/mol. The maximum Gasteiger partial charge on any atom is 0.273 e. The van der Waals surface area contributed by atoms with E-state index in [9.17, 15) is 4.79 Å². The maximum atomic E-state index is 12.6. The highest BCUT2D eigenvalue weighted by atomic mass is 32.1. The predicted molar refractivity (Wildman–Crippen MR) is 93.7 cm³/mol. The minimum absolute atomic E-state index is 0.0478. The quantitative estimate of drug-likeness (QED) is 0.938. The SMILES string of the molecule is C[C@H]1C[C@H](N)CCN1C(=O)c1csc(CCc2ccccc2)n1. The van der Waals surface area contributed by atoms with Crippen molar-refractivity contribution in [1.29, 1.82) is 0 Å². The van der Waals surface area contributed by atoms with Gasteiger partial charge in [0, 0.05) is 30.4 Å². The Morgan fingerprint density at radius 1 is 1.35 bits per heavy atom. The van der Waals surface area contributed by atoms with Gasteiger partial charge >= 0.3 is 0 Å². The summed E-state index contributed by atoms with van der Waals surface area (Å²) >= 11 is 1.58. The second kappa shape index (κ2) is 7.23. The largest absolute Gasteiger partial charge is 0.334 e. The summed E-state index contributed by atoms with van der Waals surface area (Å²) in [4.78, 5) is 19.1. The Morgan fingerprint density at radius 3 is 2.87 bits per heavy atom. The van der Waals surface area contributed by atoms with Crippen LogP contribution < -0.4 is 5.73 Å². The molecule has 0 spiro atoms. The molecule has 0 saturated carbocycles. The van der Waals surface area contributed by atoms with E-state index in [0.717, 1.165) is 37.2 Å². The van der Waals surface area contributed by atoms with E-state index >= 15 is 0 Å². The number of nitrogens with two attached hydrogens (primary N) is 1. The van der Waals surface area contributed by atoms with Crippen LogP contribution in [-0.4, -0.2) is 34.4 Å². The topological polar surface area (TPSA) is 59.2 Å². The fraction of sp³-hybridized carbons (Fsp3) is 0.444. The molecule has 0 aliphatic carbocycles. The molecule has 0 radical (unpaired) electrons. The van der Waals surface area contributed by atoms with E-state index < -0.39 is 0 Å². The Balaban J connectivity index is 1.61. The molecule has 2 atom stereocenters. The number of rotatable bonds is 4. The number of carbonyl (C=O) groups is 1. The number of piperidine rings is 1. The first-order valence-electron chi connectivity index (χ1n) is 8.18. The van der Waals surface area contributed by atoms with E-state index in [1.165, 1.54) is 5.56 Å². The van der Waals surface area contributed by atoms with Crippen molar-refractivity contribution in [2.45, 2.75) is 44.7 Å². The van der Waals surface area contributed by atoms with Crippen molar-refractivity contribution < 1.29 is 4.79 Å². The highest BCUT2D eigenvalue weighted by Crippen LogP contribution is 2.20. The number of aryl methyl sites for hydroxylation is 2. The van der Waals surface area contributed by atoms with Crippen LogP contribution in [0.25, 0.3) is 0 Å². The lowest BCUT2D eigenvalue weighted by atomic mass is 9.99. The van der Waals surface area contributed by atoms with Crippen molar-refractivity contribution in [3.8, 4) is 0 Å². The van der Waals surface area contributed by atoms with Gasteiger partial charge in [-0.05, 0) is 31.7 Å². The molecule has 0 bridgehead atoms. The number of hydrogen-bond acceptors (Lipinski definition) is 4. The summed E-state index contributed by atoms with van der Waals surface area (Å²) in [5, 5.41) is 2.92. The molecule has 4 nitrogen and oxygen atoms in total. The molecular weight excluding hydrogens is 306 g/mol. The highest BCUT2D eigenvalue weighted by Gasteiger charge is 2.28. The number of amides is 1. The van der Waals surface area contributed by atoms with E-state index in [4.69, 9.17) is 5.73 Å². The van der Waals surface area contributed by atoms with Crippen molar-refractivity contribution in [1.82, 2.24) is 9.88 Å². The van der Waals surface area contributed by atoms with Crippen LogP contribution in [0, 0.1) is 0 Å². The third-order valence-electron chi connectivity index (χ3n) is 4.42. The molecule has 23 heavy (non-hydrogen) atoms. The lowest BCUT2D eigenvalue weighted by molar-refractivity contribution is 0.0613. The van der Waals surface area contributed by atoms with Crippen molar-refractivity contribution >= 4 is 17.2 Å². The van der Waals surface area contributed by atoms with Gasteiger partial charge in [-0.25, -0.2) is 4.98 Å². The van der Waals surface area contributed by atoms with Crippen LogP contribution in [0.1, 0.15) is 40.8 Å². The van der Waals surface area contributed by atoms with Crippen LogP contribution in [0.4, 0.5) is 0 Å². The molecule has 2 aromatic rings. The standard InChI is InChI=1S/C18H23N3OS/c1-13-11-15(19)9-10-21(13)18(22)16-12-23-17(20-16)8-7-14-5-3-2-4-6-14/h2-6,12-13,15H,7-11,19H2,1H3/t13-,15+/m0/s1. The summed E-state index contributed by atoms with van der Waals surface area (Å²) in [6.07, 6.45) is 3.58. The van der Waals surface area contributed by atoms with Crippen LogP contribution in [0.5, 0.6) is 0 Å². The Morgan fingerprint density at radius 2 is 2.13 bits per heavy atom. The summed E-state index contributed by atoms with van der Waals surface area (Å²) in [5.41, 5.74) is 7.86. The molecule has 3 rings (SSSR count). The molecule has 5 heteroatoms. The van der Waals surface area contributed by atoms with Crippen molar-refractivity contribution in [2.24, 2.45) is 5.73 Å². The molecule has 122 valence electrons. The number of benzene rings is 1. The minimum Gasteiger partial charge on any atom is -0.334 e. The average molecular weight is 329 g/mol. The first-order chi connectivity index (χ1) is 11.1. The number of carbonyl (C=O) groups excluding carboxylic acids is 1. The number of likely N-dealkylation sites (tertiary alicyclic amines) is 1. The minimum atomic E-state index is 0.0478. The Bertz CT molecular complexity index is 655. The molecular formula is C18H23N3OS. The Labute approximate surface area is 141 Å². The number of nitrogens with zero attached hydrogens (tertiary/aromatic N) is 2. The van der Waals surface area contributed by atoms with E-state index in [1.54, 1.807) is 11.3 Å². The fourth-order valence-corrected chi connectivity index (χ4v) is 3.85. The molecule has 1 aliphatic heterocycles. The van der Waals surface area contributed by atoms with E-state index in [0.29, 0.717) is 5.69 Å². The second-order valence-electron chi connectivity index (χ2n) is 6.24. The van der Waals surface area contributed by atoms with Gasteiger partial charge in [-0.3, -0.25) is 4.79 Å². The number of thiazole rings is 1. The summed E-state index contributed by atoms with van der Waals surface area (Å²) in [5.74, 6) is 0.0478. The van der Waals surface area contributed by atoms with Crippen LogP contribution >= 0.6 is 11.3 Å². The third-order valence-corrected chi connectivity index (χ3v) is 5.33. The summed E-state index contributed by atoms with van der Waals surface area (Å²) < 4.78 is 0. The van der Waals surface area contributed by atoms with E-state index in [-0.39, 0.29) is 18.0 Å². The van der Waals surface area contributed by atoms with Gasteiger partial charge in [-0.15, -0.1) is 11.3 Å². The zero-order valence-electron chi connectivity index (χ0n) is 13.4. The highest BCUT2D eigenvalue weighted by molar-refractivity contribution is 7.09. The smallest absolute Gasteiger partial charge is 0.273 e. The molecule has 1 amide bonds. The molecule has 1 aromatic carbocycles. The predicted octanol–water partition coefficient (Wildman–Crippen LogP) is 2.88. The van der Waals surface area contributed by atoms with E-state index in [2.05, 4.69) is 36.2 Å². The Hall–Kier alpha value is -1.72. The van der Waals surface area contributed by atoms with Crippen LogP contribution in [-0.2, 0) is 12.8 Å². The number of hydrogen-bond donors (Lipinski definition) is 1. The lowest BCUT2D eigenvalue weighted by Gasteiger charge is -2.35. The third kappa shape index (κ3) is 3.98. The number of aromatic nitrogens is 1. The second-order valence-corrected chi connectivity index (χ2v) is 7.19. The van der Waals surface area contributed by atoms with Crippen molar-refractivity contribution in [2.75, 3.05) is 6.54 Å². The summed E-state index contributed by atoms with van der Waals surface area (Å²) in [6, 6.07) is 10.8. The first-order valence-corrected chi connectivity index (χ1v) is 9.06. The van der Waals surface area contributed by atoms with Gasteiger partial charge in [0.25, 0.3) is 5.91 Å². The van der Waals surface area contributed by atoms with Crippen LogP contribution in [0.3, 0.4) is 0 Å². The van der Waals surface area contributed by atoms with E-state index in [1.807, 2.05) is 16.3 Å². The normalized spacial score (nSPS) is 21.4. The molecule has 1 aromatic heterocycles. The van der Waals surface area contributed by atoms with Gasteiger partial charge in [0.05, 0.1) is 5.01 Å². The van der Waals surface area contributed by atoms with Crippen molar-refractivity contribution in [3.63, 3.8) is 0 Å². The average Bonchev–Trinajstić information content (AvgIpc) is 3.02.